The van der Waals surface area contributed by atoms with Gasteiger partial charge in [0, 0.05) is 17.2 Å². The number of imidazole rings is 1. The van der Waals surface area contributed by atoms with Crippen LogP contribution in [-0.4, -0.2) is 51.3 Å². The normalized spacial score (nSPS) is 21.9. The van der Waals surface area contributed by atoms with Gasteiger partial charge in [-0.3, -0.25) is 4.90 Å². The third kappa shape index (κ3) is 5.44. The maximum Gasteiger partial charge on any atom is 0.335 e. The number of aromatic nitrogens is 2. The predicted molar refractivity (Wildman–Crippen MR) is 158 cm³/mol. The van der Waals surface area contributed by atoms with E-state index in [1.165, 1.54) is 18.2 Å². The summed E-state index contributed by atoms with van der Waals surface area (Å²) in [6, 6.07) is 13.9. The Hall–Kier alpha value is -3.60. The van der Waals surface area contributed by atoms with Crippen LogP contribution in [0.5, 0.6) is 5.75 Å². The van der Waals surface area contributed by atoms with E-state index in [2.05, 4.69) is 9.47 Å². The number of aromatic carboxylic acids is 1. The highest BCUT2D eigenvalue weighted by Gasteiger charge is 2.45. The van der Waals surface area contributed by atoms with E-state index in [0.29, 0.717) is 26.2 Å². The van der Waals surface area contributed by atoms with Crippen LogP contribution in [0.3, 0.4) is 0 Å². The van der Waals surface area contributed by atoms with Crippen molar-refractivity contribution in [1.82, 2.24) is 14.5 Å². The second-order valence-electron chi connectivity index (χ2n) is 11.9. The molecular weight excluding hydrogens is 595 g/mol. The van der Waals surface area contributed by atoms with E-state index in [9.17, 15) is 14.3 Å². The van der Waals surface area contributed by atoms with Crippen LogP contribution in [-0.2, 0) is 23.7 Å². The number of para-hydroxylation sites is 1. The molecular formula is C33H31ClF3N3O4. The number of halogens is 4. The Morgan fingerprint density at radius 1 is 1.07 bits per heavy atom. The number of rotatable bonds is 7. The van der Waals surface area contributed by atoms with Crippen LogP contribution >= 0.6 is 11.6 Å². The maximum absolute atomic E-state index is 15.4. The number of hydrogen-bond acceptors (Lipinski definition) is 5. The van der Waals surface area contributed by atoms with Gasteiger partial charge in [-0.25, -0.2) is 22.9 Å². The minimum atomic E-state index is -3.18. The summed E-state index contributed by atoms with van der Waals surface area (Å²) >= 11 is 5.90. The number of hydrogen-bond donors (Lipinski definition) is 1. The third-order valence-corrected chi connectivity index (χ3v) is 9.33. The molecule has 7 rings (SSSR count). The van der Waals surface area contributed by atoms with E-state index in [-0.39, 0.29) is 39.5 Å². The van der Waals surface area contributed by atoms with Crippen molar-refractivity contribution >= 4 is 28.6 Å². The third-order valence-electron chi connectivity index (χ3n) is 9.10. The second-order valence-corrected chi connectivity index (χ2v) is 12.3. The maximum atomic E-state index is 15.4. The molecule has 0 spiro atoms. The first-order valence-electron chi connectivity index (χ1n) is 14.9. The molecule has 44 heavy (non-hydrogen) atoms. The average molecular weight is 626 g/mol. The number of likely N-dealkylation sites (tertiary alicyclic amines) is 1. The van der Waals surface area contributed by atoms with Crippen molar-refractivity contribution in [1.29, 1.82) is 0 Å². The zero-order valence-electron chi connectivity index (χ0n) is 23.8. The number of fused-ring (bicyclic) bond motifs is 2. The lowest BCUT2D eigenvalue weighted by molar-refractivity contribution is -0.0669. The Balaban J connectivity index is 1.11. The van der Waals surface area contributed by atoms with Gasteiger partial charge in [0.05, 0.1) is 47.8 Å². The number of nitrogens with zero attached hydrogens (tertiary/aromatic N) is 3. The highest BCUT2D eigenvalue weighted by atomic mass is 35.5. The zero-order valence-corrected chi connectivity index (χ0v) is 24.6. The molecule has 0 bridgehead atoms. The van der Waals surface area contributed by atoms with Crippen molar-refractivity contribution in [3.05, 3.63) is 93.5 Å². The molecule has 1 aromatic heterocycles. The van der Waals surface area contributed by atoms with E-state index in [0.717, 1.165) is 54.4 Å². The van der Waals surface area contributed by atoms with Gasteiger partial charge >= 0.3 is 5.97 Å². The van der Waals surface area contributed by atoms with Gasteiger partial charge in [0.15, 0.2) is 0 Å². The minimum Gasteiger partial charge on any atom is -0.485 e. The van der Waals surface area contributed by atoms with Gasteiger partial charge in [-0.2, -0.15) is 0 Å². The van der Waals surface area contributed by atoms with E-state index in [4.69, 9.17) is 26.1 Å². The number of piperidine rings is 1. The van der Waals surface area contributed by atoms with Crippen LogP contribution in [0, 0.1) is 5.82 Å². The number of alkyl halides is 2. The van der Waals surface area contributed by atoms with E-state index in [1.807, 2.05) is 6.07 Å². The fourth-order valence-corrected chi connectivity index (χ4v) is 6.78. The van der Waals surface area contributed by atoms with Gasteiger partial charge in [-0.05, 0) is 80.2 Å². The SMILES string of the molecule is O=C(O)c1ccc2nc(CN3CCC(c4cccc5c4OC(c4ccc(Cl)cc4F)CC5(F)F)CC3)n(C[C@@H]3CCO3)c2c1. The number of ether oxygens (including phenoxy) is 2. The molecule has 2 saturated heterocycles. The van der Waals surface area contributed by atoms with E-state index in [1.54, 1.807) is 24.3 Å². The summed E-state index contributed by atoms with van der Waals surface area (Å²) in [6.45, 7) is 3.31. The molecule has 11 heteroatoms. The van der Waals surface area contributed by atoms with Crippen molar-refractivity contribution in [2.24, 2.45) is 0 Å². The molecule has 3 aliphatic heterocycles. The lowest BCUT2D eigenvalue weighted by Gasteiger charge is -2.37. The summed E-state index contributed by atoms with van der Waals surface area (Å²) in [6.07, 6.45) is 0.669. The Kier molecular flexibility index (Phi) is 7.54. The fourth-order valence-electron chi connectivity index (χ4n) is 6.62. The number of carbonyl (C=O) groups is 1. The monoisotopic (exact) mass is 625 g/mol. The highest BCUT2D eigenvalue weighted by Crippen LogP contribution is 2.51. The standard InChI is InChI=1S/C33H31ClF3N3O4/c34-21-5-6-24(26(35)15-21)29-16-33(36,37)25-3-1-2-23(31(25)44-29)19-8-11-39(12-9-19)18-30-38-27-7-4-20(32(41)42)14-28(27)40(30)17-22-10-13-43-22/h1-7,14-15,19,22,29H,8-13,16-18H2,(H,41,42)/t22-,29?/m0/s1. The molecule has 230 valence electrons. The Bertz CT molecular complexity index is 1730. The first kappa shape index (κ1) is 29.1. The molecule has 3 aliphatic rings. The van der Waals surface area contributed by atoms with Crippen LogP contribution in [0.2, 0.25) is 5.02 Å². The van der Waals surface area contributed by atoms with Crippen molar-refractivity contribution in [3.8, 4) is 5.75 Å². The molecule has 7 nitrogen and oxygen atoms in total. The van der Waals surface area contributed by atoms with E-state index < -0.39 is 30.2 Å². The van der Waals surface area contributed by atoms with Crippen LogP contribution < -0.4 is 4.74 Å². The summed E-state index contributed by atoms with van der Waals surface area (Å²) in [5.74, 6) is -3.85. The second kappa shape index (κ2) is 11.4. The molecule has 2 atom stereocenters. The molecule has 3 aromatic carbocycles. The summed E-state index contributed by atoms with van der Waals surface area (Å²) in [4.78, 5) is 18.8. The molecule has 0 amide bonds. The smallest absolute Gasteiger partial charge is 0.335 e. The zero-order chi connectivity index (χ0) is 30.6. The lowest BCUT2D eigenvalue weighted by Crippen LogP contribution is -2.35. The van der Waals surface area contributed by atoms with Gasteiger partial charge in [0.25, 0.3) is 5.92 Å². The van der Waals surface area contributed by atoms with Crippen molar-refractivity contribution in [2.75, 3.05) is 19.7 Å². The molecule has 0 aliphatic carbocycles. The molecule has 4 aromatic rings. The van der Waals surface area contributed by atoms with Crippen LogP contribution in [0.25, 0.3) is 11.0 Å². The lowest BCUT2D eigenvalue weighted by atomic mass is 9.84. The largest absolute Gasteiger partial charge is 0.485 e. The summed E-state index contributed by atoms with van der Waals surface area (Å²) < 4.78 is 59.5. The van der Waals surface area contributed by atoms with Gasteiger partial charge < -0.3 is 19.1 Å². The van der Waals surface area contributed by atoms with Crippen LogP contribution in [0.1, 0.15) is 70.6 Å². The van der Waals surface area contributed by atoms with Crippen molar-refractivity contribution in [3.63, 3.8) is 0 Å². The molecule has 0 radical (unpaired) electrons. The summed E-state index contributed by atoms with van der Waals surface area (Å²) in [5, 5.41) is 9.72. The highest BCUT2D eigenvalue weighted by molar-refractivity contribution is 6.30. The van der Waals surface area contributed by atoms with Gasteiger partial charge in [-0.15, -0.1) is 0 Å². The predicted octanol–water partition coefficient (Wildman–Crippen LogP) is 7.31. The van der Waals surface area contributed by atoms with Gasteiger partial charge in [-0.1, -0.05) is 29.8 Å². The Morgan fingerprint density at radius 3 is 2.57 bits per heavy atom. The Labute approximate surface area is 257 Å². The average Bonchev–Trinajstić information content (AvgIpc) is 3.30. The minimum absolute atomic E-state index is 0.00821. The first-order valence-corrected chi connectivity index (χ1v) is 15.2. The van der Waals surface area contributed by atoms with Crippen molar-refractivity contribution < 1.29 is 32.5 Å². The number of carboxylic acids is 1. The summed E-state index contributed by atoms with van der Waals surface area (Å²) in [5.41, 5.74) is 2.34. The molecule has 0 saturated carbocycles. The van der Waals surface area contributed by atoms with Crippen molar-refractivity contribution in [2.45, 2.75) is 62.8 Å². The van der Waals surface area contributed by atoms with E-state index >= 15 is 8.78 Å². The topological polar surface area (TPSA) is 76.8 Å². The quantitative estimate of drug-likeness (QED) is 0.232. The first-order chi connectivity index (χ1) is 21.2. The molecule has 2 fully saturated rings. The molecule has 4 heterocycles. The summed E-state index contributed by atoms with van der Waals surface area (Å²) in [7, 11) is 0. The van der Waals surface area contributed by atoms with Crippen LogP contribution in [0.15, 0.2) is 54.6 Å². The Morgan fingerprint density at radius 2 is 1.86 bits per heavy atom. The fraction of sp³-hybridized carbons (Fsp3) is 0.394. The number of benzene rings is 3. The molecule has 1 unspecified atom stereocenters. The molecule has 1 N–H and O–H groups in total. The van der Waals surface area contributed by atoms with Gasteiger partial charge in [0.2, 0.25) is 0 Å². The number of carboxylic acid groups (broad SMARTS) is 1. The van der Waals surface area contributed by atoms with Crippen LogP contribution in [0.4, 0.5) is 13.2 Å². The van der Waals surface area contributed by atoms with Gasteiger partial charge in [0.1, 0.15) is 23.5 Å².